The average Bonchev–Trinajstić information content (AvgIpc) is 3.25. The van der Waals surface area contributed by atoms with Crippen LogP contribution in [0.15, 0.2) is 70.4 Å². The van der Waals surface area contributed by atoms with E-state index in [1.807, 2.05) is 0 Å². The molecular weight excluding hydrogens is 396 g/mol. The summed E-state index contributed by atoms with van der Waals surface area (Å²) < 4.78 is 43.8. The van der Waals surface area contributed by atoms with Crippen LogP contribution in [0.4, 0.5) is 5.69 Å². The van der Waals surface area contributed by atoms with Gasteiger partial charge in [0, 0.05) is 29.4 Å². The van der Waals surface area contributed by atoms with Crippen LogP contribution in [0.5, 0.6) is 11.5 Å². The van der Waals surface area contributed by atoms with E-state index in [-0.39, 0.29) is 16.5 Å². The zero-order valence-electron chi connectivity index (χ0n) is 15.3. The third-order valence-corrected chi connectivity index (χ3v) is 5.61. The lowest BCUT2D eigenvalue weighted by molar-refractivity contribution is 0.0951. The molecule has 0 spiro atoms. The van der Waals surface area contributed by atoms with Crippen LogP contribution in [-0.4, -0.2) is 27.5 Å². The molecule has 0 saturated carbocycles. The molecule has 2 aromatic carbocycles. The molecule has 0 bridgehead atoms. The van der Waals surface area contributed by atoms with Crippen molar-refractivity contribution in [3.05, 3.63) is 72.2 Å². The van der Waals surface area contributed by atoms with Gasteiger partial charge in [0.1, 0.15) is 13.2 Å². The Bertz CT molecular complexity index is 1130. The highest BCUT2D eigenvalue weighted by atomic mass is 32.2. The minimum absolute atomic E-state index is 0.0385. The summed E-state index contributed by atoms with van der Waals surface area (Å²) in [5, 5.41) is 2.75. The lowest BCUT2D eigenvalue weighted by Gasteiger charge is -2.19. The molecule has 1 aliphatic rings. The van der Waals surface area contributed by atoms with Gasteiger partial charge in [0.2, 0.25) is 0 Å². The number of hydrogen-bond acceptors (Lipinski definition) is 6. The number of ether oxygens (including phenoxy) is 2. The van der Waals surface area contributed by atoms with Gasteiger partial charge in [-0.2, -0.15) is 0 Å². The Morgan fingerprint density at radius 2 is 1.83 bits per heavy atom. The van der Waals surface area contributed by atoms with Crippen molar-refractivity contribution >= 4 is 21.6 Å². The van der Waals surface area contributed by atoms with Gasteiger partial charge in [0.15, 0.2) is 11.5 Å². The zero-order valence-corrected chi connectivity index (χ0v) is 16.1. The van der Waals surface area contributed by atoms with Gasteiger partial charge in [-0.1, -0.05) is 6.07 Å². The first-order valence-corrected chi connectivity index (χ1v) is 10.3. The lowest BCUT2D eigenvalue weighted by atomic mass is 10.2. The summed E-state index contributed by atoms with van der Waals surface area (Å²) in [7, 11) is -3.87. The van der Waals surface area contributed by atoms with Crippen LogP contribution in [0.3, 0.4) is 0 Å². The molecule has 1 amide bonds. The number of hydrogen-bond donors (Lipinski definition) is 2. The SMILES string of the molecule is O=C(NCc1ccoc1)c1cccc(NS(=O)(=O)c2ccc3c(c2)OCCO3)c1. The molecule has 1 aliphatic heterocycles. The predicted molar refractivity (Wildman–Crippen MR) is 105 cm³/mol. The first kappa shape index (κ1) is 18.9. The molecule has 0 saturated heterocycles. The highest BCUT2D eigenvalue weighted by molar-refractivity contribution is 7.92. The molecular formula is C20H18N2O6S. The number of sulfonamides is 1. The van der Waals surface area contributed by atoms with Crippen LogP contribution in [0.25, 0.3) is 0 Å². The molecule has 1 aromatic heterocycles. The van der Waals surface area contributed by atoms with Gasteiger partial charge in [0.25, 0.3) is 15.9 Å². The van der Waals surface area contributed by atoms with E-state index in [0.717, 1.165) is 5.56 Å². The molecule has 0 unspecified atom stereocenters. The Morgan fingerprint density at radius 3 is 2.62 bits per heavy atom. The standard InChI is InChI=1S/C20H18N2O6S/c23-20(21-12-14-6-7-26-13-14)15-2-1-3-16(10-15)22-29(24,25)17-4-5-18-19(11-17)28-9-8-27-18/h1-7,10-11,13,22H,8-9,12H2,(H,21,23). The van der Waals surface area contributed by atoms with Gasteiger partial charge >= 0.3 is 0 Å². The molecule has 8 nitrogen and oxygen atoms in total. The maximum absolute atomic E-state index is 12.7. The Morgan fingerprint density at radius 1 is 1.00 bits per heavy atom. The fourth-order valence-electron chi connectivity index (χ4n) is 2.81. The second kappa shape index (κ2) is 7.88. The van der Waals surface area contributed by atoms with E-state index < -0.39 is 10.0 Å². The Balaban J connectivity index is 1.48. The monoisotopic (exact) mass is 414 g/mol. The summed E-state index contributed by atoms with van der Waals surface area (Å²) in [6, 6.07) is 12.4. The van der Waals surface area contributed by atoms with Crippen LogP contribution in [-0.2, 0) is 16.6 Å². The third kappa shape index (κ3) is 4.35. The Labute approximate surface area is 167 Å². The number of carbonyl (C=O) groups excluding carboxylic acids is 1. The molecule has 3 aromatic rings. The number of nitrogens with one attached hydrogen (secondary N) is 2. The van der Waals surface area contributed by atoms with E-state index in [1.54, 1.807) is 30.3 Å². The molecule has 9 heteroatoms. The van der Waals surface area contributed by atoms with E-state index in [1.165, 1.54) is 30.7 Å². The number of benzene rings is 2. The topological polar surface area (TPSA) is 107 Å². The highest BCUT2D eigenvalue weighted by Crippen LogP contribution is 2.32. The molecule has 4 rings (SSSR count). The maximum atomic E-state index is 12.7. The molecule has 0 aliphatic carbocycles. The quantitative estimate of drug-likeness (QED) is 0.642. The first-order valence-electron chi connectivity index (χ1n) is 8.83. The summed E-state index contributed by atoms with van der Waals surface area (Å²) >= 11 is 0. The predicted octanol–water partition coefficient (Wildman–Crippen LogP) is 2.78. The molecule has 29 heavy (non-hydrogen) atoms. The van der Waals surface area contributed by atoms with Crippen LogP contribution in [0.1, 0.15) is 15.9 Å². The molecule has 2 N–H and O–H groups in total. The van der Waals surface area contributed by atoms with Crippen molar-refractivity contribution in [2.24, 2.45) is 0 Å². The summed E-state index contributed by atoms with van der Waals surface area (Å²) in [6.07, 6.45) is 3.06. The van der Waals surface area contributed by atoms with Crippen molar-refractivity contribution in [1.82, 2.24) is 5.32 Å². The second-order valence-electron chi connectivity index (χ2n) is 6.31. The van der Waals surface area contributed by atoms with Gasteiger partial charge in [-0.25, -0.2) is 8.42 Å². The van der Waals surface area contributed by atoms with Crippen LogP contribution < -0.4 is 19.5 Å². The van der Waals surface area contributed by atoms with E-state index in [9.17, 15) is 13.2 Å². The van der Waals surface area contributed by atoms with E-state index in [4.69, 9.17) is 13.9 Å². The summed E-state index contributed by atoms with van der Waals surface area (Å²) in [5.41, 5.74) is 1.43. The van der Waals surface area contributed by atoms with Crippen LogP contribution in [0, 0.1) is 0 Å². The van der Waals surface area contributed by atoms with E-state index in [0.29, 0.717) is 36.8 Å². The maximum Gasteiger partial charge on any atom is 0.262 e. The normalized spacial score (nSPS) is 13.0. The Kier molecular flexibility index (Phi) is 5.13. The fourth-order valence-corrected chi connectivity index (χ4v) is 3.87. The van der Waals surface area contributed by atoms with E-state index in [2.05, 4.69) is 10.0 Å². The number of anilines is 1. The van der Waals surface area contributed by atoms with Crippen molar-refractivity contribution < 1.29 is 27.1 Å². The zero-order chi connectivity index (χ0) is 20.3. The van der Waals surface area contributed by atoms with Gasteiger partial charge in [-0.05, 0) is 36.4 Å². The fraction of sp³-hybridized carbons (Fsp3) is 0.150. The number of fused-ring (bicyclic) bond motifs is 1. The van der Waals surface area contributed by atoms with Crippen molar-refractivity contribution in [3.8, 4) is 11.5 Å². The van der Waals surface area contributed by atoms with Gasteiger partial charge in [0.05, 0.1) is 17.4 Å². The van der Waals surface area contributed by atoms with Crippen molar-refractivity contribution in [3.63, 3.8) is 0 Å². The van der Waals surface area contributed by atoms with Gasteiger partial charge in [-0.3, -0.25) is 9.52 Å². The highest BCUT2D eigenvalue weighted by Gasteiger charge is 2.20. The van der Waals surface area contributed by atoms with Crippen molar-refractivity contribution in [2.75, 3.05) is 17.9 Å². The molecule has 0 atom stereocenters. The van der Waals surface area contributed by atoms with Crippen LogP contribution >= 0.6 is 0 Å². The third-order valence-electron chi connectivity index (χ3n) is 4.23. The molecule has 150 valence electrons. The second-order valence-corrected chi connectivity index (χ2v) is 7.99. The van der Waals surface area contributed by atoms with Gasteiger partial charge < -0.3 is 19.2 Å². The number of rotatable bonds is 6. The molecule has 2 heterocycles. The van der Waals surface area contributed by atoms with Crippen molar-refractivity contribution in [1.29, 1.82) is 0 Å². The largest absolute Gasteiger partial charge is 0.486 e. The summed E-state index contributed by atoms with van der Waals surface area (Å²) in [5.74, 6) is 0.560. The lowest BCUT2D eigenvalue weighted by Crippen LogP contribution is -2.22. The van der Waals surface area contributed by atoms with Crippen LogP contribution in [0.2, 0.25) is 0 Å². The smallest absolute Gasteiger partial charge is 0.262 e. The average molecular weight is 414 g/mol. The first-order chi connectivity index (χ1) is 14.0. The summed E-state index contributed by atoms with van der Waals surface area (Å²) in [6.45, 7) is 1.09. The van der Waals surface area contributed by atoms with Gasteiger partial charge in [-0.15, -0.1) is 0 Å². The minimum Gasteiger partial charge on any atom is -0.486 e. The van der Waals surface area contributed by atoms with E-state index >= 15 is 0 Å². The molecule has 0 fully saturated rings. The number of furan rings is 1. The number of amides is 1. The summed E-state index contributed by atoms with van der Waals surface area (Å²) in [4.78, 5) is 12.4. The minimum atomic E-state index is -3.87. The molecule has 0 radical (unpaired) electrons. The number of carbonyl (C=O) groups is 1. The Hall–Kier alpha value is -3.46. The van der Waals surface area contributed by atoms with Crippen molar-refractivity contribution in [2.45, 2.75) is 11.4 Å².